The predicted molar refractivity (Wildman–Crippen MR) is 55.2 cm³/mol. The fraction of sp³-hybridized carbons (Fsp3) is 0.364. The van der Waals surface area contributed by atoms with Gasteiger partial charge in [0.25, 0.3) is 5.91 Å². The van der Waals surface area contributed by atoms with Crippen LogP contribution in [0.25, 0.3) is 0 Å². The zero-order valence-corrected chi connectivity index (χ0v) is 8.70. The summed E-state index contributed by atoms with van der Waals surface area (Å²) in [6.07, 6.45) is -0.588. The van der Waals surface area contributed by atoms with Gasteiger partial charge in [-0.15, -0.1) is 0 Å². The SMILES string of the molecule is Cc1ccc(C)c(O[C@@H](C)C(N)=O)c1. The van der Waals surface area contributed by atoms with Gasteiger partial charge in [0.1, 0.15) is 5.75 Å². The van der Waals surface area contributed by atoms with Crippen molar-refractivity contribution in [1.29, 1.82) is 0 Å². The highest BCUT2D eigenvalue weighted by Gasteiger charge is 2.11. The summed E-state index contributed by atoms with van der Waals surface area (Å²) >= 11 is 0. The van der Waals surface area contributed by atoms with E-state index in [1.165, 1.54) is 0 Å². The smallest absolute Gasteiger partial charge is 0.258 e. The Kier molecular flexibility index (Phi) is 3.12. The largest absolute Gasteiger partial charge is 0.481 e. The third-order valence-corrected chi connectivity index (χ3v) is 2.05. The van der Waals surface area contributed by atoms with Crippen LogP contribution in [0.1, 0.15) is 18.1 Å². The number of hydrogen-bond acceptors (Lipinski definition) is 2. The quantitative estimate of drug-likeness (QED) is 0.792. The van der Waals surface area contributed by atoms with Crippen molar-refractivity contribution in [3.8, 4) is 5.75 Å². The Balaban J connectivity index is 2.85. The molecule has 0 spiro atoms. The van der Waals surface area contributed by atoms with Gasteiger partial charge in [0, 0.05) is 0 Å². The molecule has 0 aliphatic rings. The summed E-state index contributed by atoms with van der Waals surface area (Å²) in [6.45, 7) is 5.55. The van der Waals surface area contributed by atoms with E-state index >= 15 is 0 Å². The minimum atomic E-state index is -0.588. The summed E-state index contributed by atoms with van der Waals surface area (Å²) in [5, 5.41) is 0. The van der Waals surface area contributed by atoms with E-state index in [-0.39, 0.29) is 0 Å². The van der Waals surface area contributed by atoms with Gasteiger partial charge in [0.05, 0.1) is 0 Å². The van der Waals surface area contributed by atoms with E-state index in [1.807, 2.05) is 32.0 Å². The Bertz CT molecular complexity index is 347. The average Bonchev–Trinajstić information content (AvgIpc) is 2.11. The summed E-state index contributed by atoms with van der Waals surface area (Å²) in [7, 11) is 0. The van der Waals surface area contributed by atoms with E-state index in [0.717, 1.165) is 16.9 Å². The first kappa shape index (κ1) is 10.6. The number of hydrogen-bond donors (Lipinski definition) is 1. The molecule has 0 saturated carbocycles. The number of carbonyl (C=O) groups excluding carboxylic acids is 1. The zero-order chi connectivity index (χ0) is 10.7. The molecular weight excluding hydrogens is 178 g/mol. The monoisotopic (exact) mass is 193 g/mol. The molecule has 76 valence electrons. The van der Waals surface area contributed by atoms with Crippen molar-refractivity contribution in [3.05, 3.63) is 29.3 Å². The number of nitrogens with two attached hydrogens (primary N) is 1. The molecule has 14 heavy (non-hydrogen) atoms. The first-order valence-corrected chi connectivity index (χ1v) is 4.54. The molecule has 0 heterocycles. The first-order chi connectivity index (χ1) is 6.50. The van der Waals surface area contributed by atoms with E-state index in [1.54, 1.807) is 6.92 Å². The maximum Gasteiger partial charge on any atom is 0.258 e. The number of benzene rings is 1. The minimum Gasteiger partial charge on any atom is -0.481 e. The molecule has 0 saturated heterocycles. The molecule has 2 N–H and O–H groups in total. The molecule has 1 aromatic rings. The summed E-state index contributed by atoms with van der Waals surface area (Å²) in [5.74, 6) is 0.266. The molecule has 0 unspecified atom stereocenters. The summed E-state index contributed by atoms with van der Waals surface area (Å²) in [4.78, 5) is 10.8. The molecule has 0 aromatic heterocycles. The van der Waals surface area contributed by atoms with Gasteiger partial charge in [0.2, 0.25) is 0 Å². The third kappa shape index (κ3) is 2.49. The maximum atomic E-state index is 10.8. The second kappa shape index (κ2) is 4.13. The standard InChI is InChI=1S/C11H15NO2/c1-7-4-5-8(2)10(6-7)14-9(3)11(12)13/h4-6,9H,1-3H3,(H2,12,13)/t9-/m0/s1. The number of ether oxygens (including phenoxy) is 1. The highest BCUT2D eigenvalue weighted by molar-refractivity contribution is 5.78. The van der Waals surface area contributed by atoms with Crippen LogP contribution in [0.3, 0.4) is 0 Å². The zero-order valence-electron chi connectivity index (χ0n) is 8.70. The Hall–Kier alpha value is -1.51. The lowest BCUT2D eigenvalue weighted by Crippen LogP contribution is -2.30. The van der Waals surface area contributed by atoms with Crippen molar-refractivity contribution < 1.29 is 9.53 Å². The molecule has 3 nitrogen and oxygen atoms in total. The van der Waals surface area contributed by atoms with Crippen LogP contribution in [0.4, 0.5) is 0 Å². The van der Waals surface area contributed by atoms with Gasteiger partial charge in [-0.25, -0.2) is 0 Å². The Morgan fingerprint density at radius 1 is 1.43 bits per heavy atom. The van der Waals surface area contributed by atoms with Crippen LogP contribution in [-0.2, 0) is 4.79 Å². The Morgan fingerprint density at radius 2 is 2.07 bits per heavy atom. The van der Waals surface area contributed by atoms with Crippen molar-refractivity contribution in [2.24, 2.45) is 5.73 Å². The molecule has 0 radical (unpaired) electrons. The molecule has 0 aliphatic heterocycles. The van der Waals surface area contributed by atoms with Crippen LogP contribution in [0.2, 0.25) is 0 Å². The van der Waals surface area contributed by atoms with Gasteiger partial charge in [-0.2, -0.15) is 0 Å². The Labute approximate surface area is 83.9 Å². The highest BCUT2D eigenvalue weighted by Crippen LogP contribution is 2.20. The summed E-state index contributed by atoms with van der Waals surface area (Å²) in [5.41, 5.74) is 7.21. The van der Waals surface area contributed by atoms with Crippen molar-refractivity contribution in [2.45, 2.75) is 26.9 Å². The second-order valence-corrected chi connectivity index (χ2v) is 3.43. The summed E-state index contributed by atoms with van der Waals surface area (Å²) < 4.78 is 5.41. The van der Waals surface area contributed by atoms with Crippen molar-refractivity contribution in [2.75, 3.05) is 0 Å². The second-order valence-electron chi connectivity index (χ2n) is 3.43. The fourth-order valence-electron chi connectivity index (χ4n) is 1.08. The molecule has 1 amide bonds. The van der Waals surface area contributed by atoms with E-state index in [2.05, 4.69) is 0 Å². The number of amides is 1. The first-order valence-electron chi connectivity index (χ1n) is 4.54. The predicted octanol–water partition coefficient (Wildman–Crippen LogP) is 1.56. The molecule has 1 aromatic carbocycles. The Morgan fingerprint density at radius 3 is 2.64 bits per heavy atom. The minimum absolute atomic E-state index is 0.453. The average molecular weight is 193 g/mol. The lowest BCUT2D eigenvalue weighted by Gasteiger charge is -2.13. The van der Waals surface area contributed by atoms with Gasteiger partial charge >= 0.3 is 0 Å². The van der Waals surface area contributed by atoms with Gasteiger partial charge in [-0.1, -0.05) is 12.1 Å². The number of carbonyl (C=O) groups is 1. The van der Waals surface area contributed by atoms with Crippen LogP contribution in [0.5, 0.6) is 5.75 Å². The van der Waals surface area contributed by atoms with Gasteiger partial charge in [-0.3, -0.25) is 4.79 Å². The van der Waals surface area contributed by atoms with Gasteiger partial charge in [-0.05, 0) is 38.0 Å². The molecule has 3 heteroatoms. The highest BCUT2D eigenvalue weighted by atomic mass is 16.5. The van der Waals surface area contributed by atoms with Crippen LogP contribution < -0.4 is 10.5 Å². The van der Waals surface area contributed by atoms with Gasteiger partial charge < -0.3 is 10.5 Å². The van der Waals surface area contributed by atoms with Crippen molar-refractivity contribution >= 4 is 5.91 Å². The molecule has 0 fully saturated rings. The fourth-order valence-corrected chi connectivity index (χ4v) is 1.08. The molecule has 0 aliphatic carbocycles. The van der Waals surface area contributed by atoms with E-state index < -0.39 is 12.0 Å². The topological polar surface area (TPSA) is 52.3 Å². The van der Waals surface area contributed by atoms with Crippen LogP contribution >= 0.6 is 0 Å². The molecule has 1 atom stereocenters. The number of aryl methyl sites for hydroxylation is 2. The maximum absolute atomic E-state index is 10.8. The number of rotatable bonds is 3. The van der Waals surface area contributed by atoms with E-state index in [0.29, 0.717) is 0 Å². The van der Waals surface area contributed by atoms with Gasteiger partial charge in [0.15, 0.2) is 6.10 Å². The van der Waals surface area contributed by atoms with E-state index in [9.17, 15) is 4.79 Å². The van der Waals surface area contributed by atoms with Crippen LogP contribution in [0, 0.1) is 13.8 Å². The lowest BCUT2D eigenvalue weighted by atomic mass is 10.1. The normalized spacial score (nSPS) is 12.2. The van der Waals surface area contributed by atoms with Crippen molar-refractivity contribution in [1.82, 2.24) is 0 Å². The van der Waals surface area contributed by atoms with Crippen LogP contribution in [-0.4, -0.2) is 12.0 Å². The third-order valence-electron chi connectivity index (χ3n) is 2.05. The lowest BCUT2D eigenvalue weighted by molar-refractivity contribution is -0.123. The van der Waals surface area contributed by atoms with E-state index in [4.69, 9.17) is 10.5 Å². The molecule has 0 bridgehead atoms. The van der Waals surface area contributed by atoms with Crippen molar-refractivity contribution in [3.63, 3.8) is 0 Å². The number of primary amides is 1. The van der Waals surface area contributed by atoms with Crippen LogP contribution in [0.15, 0.2) is 18.2 Å². The molecular formula is C11H15NO2. The summed E-state index contributed by atoms with van der Waals surface area (Å²) in [6, 6.07) is 5.85. The molecule has 1 rings (SSSR count).